The number of carbonyl (C=O) groups excluding carboxylic acids is 1. The Morgan fingerprint density at radius 3 is 2.83 bits per heavy atom. The number of hydrogen-bond donors (Lipinski definition) is 2. The Balaban J connectivity index is 1.57. The first kappa shape index (κ1) is 15.3. The largest absolute Gasteiger partial charge is 0.353 e. The van der Waals surface area contributed by atoms with Gasteiger partial charge in [-0.15, -0.1) is 0 Å². The highest BCUT2D eigenvalue weighted by Crippen LogP contribution is 2.33. The Hall–Kier alpha value is -2.20. The molecule has 124 valence electrons. The molecule has 2 fully saturated rings. The van der Waals surface area contributed by atoms with E-state index in [9.17, 15) is 4.79 Å². The van der Waals surface area contributed by atoms with E-state index in [2.05, 4.69) is 45.9 Å². The lowest BCUT2D eigenvalue weighted by Crippen LogP contribution is -2.44. The highest BCUT2D eigenvalue weighted by molar-refractivity contribution is 5.84. The van der Waals surface area contributed by atoms with Crippen molar-refractivity contribution in [1.29, 1.82) is 0 Å². The van der Waals surface area contributed by atoms with Crippen molar-refractivity contribution in [1.82, 2.24) is 15.6 Å². The minimum Gasteiger partial charge on any atom is -0.353 e. The lowest BCUT2D eigenvalue weighted by atomic mass is 9.79. The van der Waals surface area contributed by atoms with Gasteiger partial charge in [0.25, 0.3) is 0 Å². The van der Waals surface area contributed by atoms with Crippen LogP contribution in [-0.4, -0.2) is 30.0 Å². The second-order valence-corrected chi connectivity index (χ2v) is 7.07. The molecule has 2 aliphatic rings. The molecule has 1 aliphatic heterocycles. The lowest BCUT2D eigenvalue weighted by molar-refractivity contribution is -0.130. The van der Waals surface area contributed by atoms with E-state index in [0.29, 0.717) is 6.04 Å². The third-order valence-electron chi connectivity index (χ3n) is 5.10. The van der Waals surface area contributed by atoms with Crippen LogP contribution in [0.15, 0.2) is 48.8 Å². The smallest absolute Gasteiger partial charge is 0.228 e. The fourth-order valence-corrected chi connectivity index (χ4v) is 3.52. The number of carbonyl (C=O) groups is 1. The van der Waals surface area contributed by atoms with Crippen molar-refractivity contribution in [2.75, 3.05) is 13.1 Å². The van der Waals surface area contributed by atoms with Crippen LogP contribution in [-0.2, 0) is 11.2 Å². The molecule has 4 heteroatoms. The summed E-state index contributed by atoms with van der Waals surface area (Å²) in [5.41, 5.74) is 3.17. The predicted molar refractivity (Wildman–Crippen MR) is 94.5 cm³/mol. The van der Waals surface area contributed by atoms with E-state index in [-0.39, 0.29) is 11.3 Å². The van der Waals surface area contributed by atoms with Gasteiger partial charge in [0.05, 0.1) is 5.41 Å². The minimum absolute atomic E-state index is 0.224. The van der Waals surface area contributed by atoms with E-state index in [0.717, 1.165) is 49.9 Å². The number of nitrogens with one attached hydrogen (secondary N) is 2. The van der Waals surface area contributed by atoms with Crippen LogP contribution in [0.4, 0.5) is 0 Å². The highest BCUT2D eigenvalue weighted by atomic mass is 16.2. The van der Waals surface area contributed by atoms with Crippen LogP contribution in [0.1, 0.15) is 24.8 Å². The number of rotatable bonds is 5. The second-order valence-electron chi connectivity index (χ2n) is 7.07. The minimum atomic E-state index is -0.309. The normalized spacial score (nSPS) is 23.2. The Bertz CT molecular complexity index is 719. The summed E-state index contributed by atoms with van der Waals surface area (Å²) < 4.78 is 0. The van der Waals surface area contributed by atoms with Gasteiger partial charge < -0.3 is 10.6 Å². The van der Waals surface area contributed by atoms with E-state index in [1.54, 1.807) is 6.20 Å². The second kappa shape index (κ2) is 6.36. The highest BCUT2D eigenvalue weighted by Gasteiger charge is 2.42. The zero-order chi connectivity index (χ0) is 16.4. The van der Waals surface area contributed by atoms with E-state index < -0.39 is 0 Å². The first-order valence-corrected chi connectivity index (χ1v) is 8.76. The van der Waals surface area contributed by atoms with E-state index in [1.807, 2.05) is 12.3 Å². The van der Waals surface area contributed by atoms with Crippen LogP contribution in [0, 0.1) is 5.41 Å². The Labute approximate surface area is 142 Å². The van der Waals surface area contributed by atoms with E-state index in [4.69, 9.17) is 0 Å². The molecule has 0 bridgehead atoms. The average molecular weight is 321 g/mol. The Kier molecular flexibility index (Phi) is 4.07. The zero-order valence-corrected chi connectivity index (χ0v) is 13.8. The fourth-order valence-electron chi connectivity index (χ4n) is 3.52. The van der Waals surface area contributed by atoms with Gasteiger partial charge in [-0.1, -0.05) is 30.3 Å². The van der Waals surface area contributed by atoms with Gasteiger partial charge >= 0.3 is 0 Å². The zero-order valence-electron chi connectivity index (χ0n) is 13.8. The van der Waals surface area contributed by atoms with Crippen molar-refractivity contribution in [2.24, 2.45) is 5.41 Å². The molecule has 2 heterocycles. The Morgan fingerprint density at radius 2 is 2.12 bits per heavy atom. The molecule has 1 aromatic carbocycles. The van der Waals surface area contributed by atoms with Crippen LogP contribution in [0.2, 0.25) is 0 Å². The molecule has 1 saturated heterocycles. The molecule has 0 spiro atoms. The molecular formula is C20H23N3O. The van der Waals surface area contributed by atoms with Crippen molar-refractivity contribution >= 4 is 5.91 Å². The summed E-state index contributed by atoms with van der Waals surface area (Å²) in [5, 5.41) is 6.60. The van der Waals surface area contributed by atoms with Crippen LogP contribution in [0.5, 0.6) is 0 Å². The number of benzene rings is 1. The Morgan fingerprint density at radius 1 is 1.25 bits per heavy atom. The SMILES string of the molecule is O=C(NC1CC1)C1(Cc2cccc(-c3cccnc3)c2)CCNC1. The molecule has 1 amide bonds. The van der Waals surface area contributed by atoms with Crippen molar-refractivity contribution < 1.29 is 4.79 Å². The number of hydrogen-bond acceptors (Lipinski definition) is 3. The quantitative estimate of drug-likeness (QED) is 0.890. The third-order valence-corrected chi connectivity index (χ3v) is 5.10. The van der Waals surface area contributed by atoms with Crippen LogP contribution in [0.3, 0.4) is 0 Å². The maximum absolute atomic E-state index is 12.8. The number of pyridine rings is 1. The maximum Gasteiger partial charge on any atom is 0.228 e. The maximum atomic E-state index is 12.8. The fraction of sp³-hybridized carbons (Fsp3) is 0.400. The van der Waals surface area contributed by atoms with Crippen LogP contribution >= 0.6 is 0 Å². The van der Waals surface area contributed by atoms with Crippen LogP contribution in [0.25, 0.3) is 11.1 Å². The van der Waals surface area contributed by atoms with Crippen molar-refractivity contribution in [3.05, 3.63) is 54.4 Å². The molecule has 24 heavy (non-hydrogen) atoms. The average Bonchev–Trinajstić information content (AvgIpc) is 3.31. The molecule has 4 rings (SSSR count). The number of aromatic nitrogens is 1. The molecule has 2 N–H and O–H groups in total. The van der Waals surface area contributed by atoms with Gasteiger partial charge in [0.15, 0.2) is 0 Å². The van der Waals surface area contributed by atoms with Gasteiger partial charge in [0.2, 0.25) is 5.91 Å². The number of amides is 1. The molecule has 0 radical (unpaired) electrons. The van der Waals surface area contributed by atoms with Gasteiger partial charge in [-0.05, 0) is 55.0 Å². The summed E-state index contributed by atoms with van der Waals surface area (Å²) >= 11 is 0. The first-order chi connectivity index (χ1) is 11.8. The molecule has 4 nitrogen and oxygen atoms in total. The summed E-state index contributed by atoms with van der Waals surface area (Å²) in [5.74, 6) is 0.224. The molecule has 1 atom stereocenters. The summed E-state index contributed by atoms with van der Waals surface area (Å²) in [7, 11) is 0. The predicted octanol–water partition coefficient (Wildman–Crippen LogP) is 2.55. The van der Waals surface area contributed by atoms with Gasteiger partial charge in [0.1, 0.15) is 0 Å². The first-order valence-electron chi connectivity index (χ1n) is 8.76. The van der Waals surface area contributed by atoms with Crippen molar-refractivity contribution in [3.63, 3.8) is 0 Å². The molecule has 1 unspecified atom stereocenters. The third kappa shape index (κ3) is 3.20. The van der Waals surface area contributed by atoms with Gasteiger partial charge in [0, 0.05) is 25.0 Å². The summed E-state index contributed by atoms with van der Waals surface area (Å²) in [6.07, 6.45) is 7.62. The van der Waals surface area contributed by atoms with Gasteiger partial charge in [-0.25, -0.2) is 0 Å². The standard InChI is InChI=1S/C20H23N3O/c24-19(23-18-6-7-18)20(8-10-22-14-20)12-15-3-1-4-16(11-15)17-5-2-9-21-13-17/h1-5,9,11,13,18,22H,6-8,10,12,14H2,(H,23,24). The molecule has 1 aromatic heterocycles. The topological polar surface area (TPSA) is 54.0 Å². The van der Waals surface area contributed by atoms with Crippen molar-refractivity contribution in [2.45, 2.75) is 31.7 Å². The van der Waals surface area contributed by atoms with Gasteiger partial charge in [-0.2, -0.15) is 0 Å². The van der Waals surface area contributed by atoms with E-state index >= 15 is 0 Å². The summed E-state index contributed by atoms with van der Waals surface area (Å²) in [4.78, 5) is 17.0. The molecule has 1 saturated carbocycles. The summed E-state index contributed by atoms with van der Waals surface area (Å²) in [6, 6.07) is 12.9. The summed E-state index contributed by atoms with van der Waals surface area (Å²) in [6.45, 7) is 1.68. The van der Waals surface area contributed by atoms with Crippen molar-refractivity contribution in [3.8, 4) is 11.1 Å². The molecule has 1 aliphatic carbocycles. The number of nitrogens with zero attached hydrogens (tertiary/aromatic N) is 1. The monoisotopic (exact) mass is 321 g/mol. The molecular weight excluding hydrogens is 298 g/mol. The van der Waals surface area contributed by atoms with E-state index in [1.165, 1.54) is 5.56 Å². The molecule has 2 aromatic rings. The lowest BCUT2D eigenvalue weighted by Gasteiger charge is -2.27. The van der Waals surface area contributed by atoms with Gasteiger partial charge in [-0.3, -0.25) is 9.78 Å². The van der Waals surface area contributed by atoms with Crippen LogP contribution < -0.4 is 10.6 Å².